The number of aromatic hydroxyl groups is 1. The van der Waals surface area contributed by atoms with Crippen molar-refractivity contribution in [2.45, 2.75) is 46.0 Å². The van der Waals surface area contributed by atoms with Gasteiger partial charge in [0.15, 0.2) is 0 Å². The predicted octanol–water partition coefficient (Wildman–Crippen LogP) is 2.17. The molecule has 0 aliphatic rings. The molecular formula is C12H21N3O2. The Hall–Kier alpha value is -1.52. The van der Waals surface area contributed by atoms with Gasteiger partial charge in [-0.05, 0) is 13.3 Å². The SMILES string of the molecule is CCCCCCCNc1nc(C)c(O)c(=O)[nH]1. The molecule has 5 nitrogen and oxygen atoms in total. The number of hydrogen-bond acceptors (Lipinski definition) is 4. The molecule has 0 amide bonds. The highest BCUT2D eigenvalue weighted by Gasteiger charge is 2.04. The molecule has 1 rings (SSSR count). The fourth-order valence-electron chi connectivity index (χ4n) is 1.60. The summed E-state index contributed by atoms with van der Waals surface area (Å²) >= 11 is 0. The van der Waals surface area contributed by atoms with Crippen molar-refractivity contribution in [3.63, 3.8) is 0 Å². The molecule has 0 aliphatic heterocycles. The van der Waals surface area contributed by atoms with Crippen molar-refractivity contribution in [2.75, 3.05) is 11.9 Å². The van der Waals surface area contributed by atoms with Crippen molar-refractivity contribution in [2.24, 2.45) is 0 Å². The second-order valence-electron chi connectivity index (χ2n) is 4.19. The van der Waals surface area contributed by atoms with E-state index in [1.54, 1.807) is 6.92 Å². The number of aromatic amines is 1. The van der Waals surface area contributed by atoms with Gasteiger partial charge in [0.05, 0.1) is 5.69 Å². The molecule has 96 valence electrons. The third-order valence-electron chi connectivity index (χ3n) is 2.64. The van der Waals surface area contributed by atoms with Crippen LogP contribution in [0.25, 0.3) is 0 Å². The highest BCUT2D eigenvalue weighted by Crippen LogP contribution is 2.08. The maximum atomic E-state index is 11.2. The number of aryl methyl sites for hydroxylation is 1. The fourth-order valence-corrected chi connectivity index (χ4v) is 1.60. The Morgan fingerprint density at radius 2 is 2.00 bits per heavy atom. The molecule has 0 aromatic carbocycles. The lowest BCUT2D eigenvalue weighted by molar-refractivity contribution is 0.458. The van der Waals surface area contributed by atoms with Crippen molar-refractivity contribution >= 4 is 5.95 Å². The van der Waals surface area contributed by atoms with E-state index in [4.69, 9.17) is 0 Å². The van der Waals surface area contributed by atoms with E-state index in [2.05, 4.69) is 22.2 Å². The van der Waals surface area contributed by atoms with E-state index in [0.29, 0.717) is 11.6 Å². The lowest BCUT2D eigenvalue weighted by Gasteiger charge is -2.06. The zero-order valence-electron chi connectivity index (χ0n) is 10.5. The smallest absolute Gasteiger partial charge is 0.294 e. The number of aromatic nitrogens is 2. The highest BCUT2D eigenvalue weighted by molar-refractivity contribution is 5.31. The van der Waals surface area contributed by atoms with Crippen LogP contribution in [0.2, 0.25) is 0 Å². The summed E-state index contributed by atoms with van der Waals surface area (Å²) in [6.07, 6.45) is 6.00. The van der Waals surface area contributed by atoms with Crippen molar-refractivity contribution in [1.29, 1.82) is 0 Å². The number of H-pyrrole nitrogens is 1. The van der Waals surface area contributed by atoms with Crippen LogP contribution in [0, 0.1) is 6.92 Å². The second-order valence-corrected chi connectivity index (χ2v) is 4.19. The van der Waals surface area contributed by atoms with Crippen LogP contribution in [0.1, 0.15) is 44.7 Å². The first-order valence-electron chi connectivity index (χ1n) is 6.19. The van der Waals surface area contributed by atoms with E-state index >= 15 is 0 Å². The van der Waals surface area contributed by atoms with E-state index in [1.165, 1.54) is 25.7 Å². The molecule has 0 spiro atoms. The minimum atomic E-state index is -0.494. The van der Waals surface area contributed by atoms with Crippen LogP contribution in [0.4, 0.5) is 5.95 Å². The third-order valence-corrected chi connectivity index (χ3v) is 2.64. The molecule has 1 aromatic heterocycles. The van der Waals surface area contributed by atoms with Crippen LogP contribution in [0.15, 0.2) is 4.79 Å². The van der Waals surface area contributed by atoms with E-state index in [1.807, 2.05) is 0 Å². The number of nitrogens with zero attached hydrogens (tertiary/aromatic N) is 1. The van der Waals surface area contributed by atoms with Gasteiger partial charge >= 0.3 is 0 Å². The molecular weight excluding hydrogens is 218 g/mol. The van der Waals surface area contributed by atoms with Gasteiger partial charge in [0.1, 0.15) is 0 Å². The van der Waals surface area contributed by atoms with E-state index in [-0.39, 0.29) is 5.75 Å². The van der Waals surface area contributed by atoms with Crippen LogP contribution in [0.5, 0.6) is 5.75 Å². The molecule has 0 unspecified atom stereocenters. The van der Waals surface area contributed by atoms with Crippen LogP contribution >= 0.6 is 0 Å². The summed E-state index contributed by atoms with van der Waals surface area (Å²) in [4.78, 5) is 17.8. The normalized spacial score (nSPS) is 10.5. The maximum Gasteiger partial charge on any atom is 0.294 e. The van der Waals surface area contributed by atoms with Gasteiger partial charge in [-0.3, -0.25) is 9.78 Å². The summed E-state index contributed by atoms with van der Waals surface area (Å²) in [5.74, 6) is 0.124. The molecule has 1 heterocycles. The summed E-state index contributed by atoms with van der Waals surface area (Å²) in [6.45, 7) is 4.58. The molecule has 17 heavy (non-hydrogen) atoms. The Kier molecular flexibility index (Phi) is 5.52. The first-order valence-corrected chi connectivity index (χ1v) is 6.19. The zero-order chi connectivity index (χ0) is 12.7. The molecule has 0 saturated carbocycles. The van der Waals surface area contributed by atoms with Gasteiger partial charge in [-0.15, -0.1) is 0 Å². The Labute approximate surface area is 101 Å². The fraction of sp³-hybridized carbons (Fsp3) is 0.667. The largest absolute Gasteiger partial charge is 0.502 e. The molecule has 5 heteroatoms. The molecule has 3 N–H and O–H groups in total. The van der Waals surface area contributed by atoms with Crippen molar-refractivity contribution < 1.29 is 5.11 Å². The number of hydrogen-bond donors (Lipinski definition) is 3. The number of nitrogens with one attached hydrogen (secondary N) is 2. The van der Waals surface area contributed by atoms with Gasteiger partial charge in [0.2, 0.25) is 11.7 Å². The average Bonchev–Trinajstić information content (AvgIpc) is 2.30. The Morgan fingerprint density at radius 1 is 1.29 bits per heavy atom. The third kappa shape index (κ3) is 4.46. The Balaban J connectivity index is 2.35. The summed E-state index contributed by atoms with van der Waals surface area (Å²) < 4.78 is 0. The first kappa shape index (κ1) is 13.5. The number of unbranched alkanes of at least 4 members (excludes halogenated alkanes) is 4. The van der Waals surface area contributed by atoms with Gasteiger partial charge in [-0.25, -0.2) is 4.98 Å². The summed E-state index contributed by atoms with van der Waals surface area (Å²) in [5, 5.41) is 12.3. The van der Waals surface area contributed by atoms with E-state index in [9.17, 15) is 9.90 Å². The van der Waals surface area contributed by atoms with E-state index < -0.39 is 5.56 Å². The lowest BCUT2D eigenvalue weighted by Crippen LogP contribution is -2.14. The Morgan fingerprint density at radius 3 is 2.65 bits per heavy atom. The monoisotopic (exact) mass is 239 g/mol. The quantitative estimate of drug-likeness (QED) is 0.637. The molecule has 0 atom stereocenters. The molecule has 0 aliphatic carbocycles. The van der Waals surface area contributed by atoms with Gasteiger partial charge in [0, 0.05) is 6.54 Å². The predicted molar refractivity (Wildman–Crippen MR) is 68.5 cm³/mol. The van der Waals surface area contributed by atoms with Crippen LogP contribution in [0.3, 0.4) is 0 Å². The standard InChI is InChI=1S/C12H21N3O2/c1-3-4-5-6-7-8-13-12-14-9(2)10(16)11(17)15-12/h16H,3-8H2,1-2H3,(H2,13,14,15,17). The van der Waals surface area contributed by atoms with Crippen molar-refractivity contribution in [1.82, 2.24) is 9.97 Å². The number of rotatable bonds is 7. The summed E-state index contributed by atoms with van der Waals surface area (Å²) in [5.41, 5.74) is -0.145. The average molecular weight is 239 g/mol. The first-order chi connectivity index (χ1) is 8.15. The molecule has 0 saturated heterocycles. The van der Waals surface area contributed by atoms with Crippen LogP contribution in [-0.4, -0.2) is 21.6 Å². The summed E-state index contributed by atoms with van der Waals surface area (Å²) in [7, 11) is 0. The number of anilines is 1. The van der Waals surface area contributed by atoms with E-state index in [0.717, 1.165) is 13.0 Å². The molecule has 0 bridgehead atoms. The zero-order valence-corrected chi connectivity index (χ0v) is 10.5. The van der Waals surface area contributed by atoms with Crippen molar-refractivity contribution in [3.8, 4) is 5.75 Å². The minimum Gasteiger partial charge on any atom is -0.502 e. The topological polar surface area (TPSA) is 78.0 Å². The lowest BCUT2D eigenvalue weighted by atomic mass is 10.1. The van der Waals surface area contributed by atoms with Gasteiger partial charge in [-0.1, -0.05) is 32.6 Å². The Bertz CT molecular complexity index is 401. The van der Waals surface area contributed by atoms with Crippen LogP contribution < -0.4 is 10.9 Å². The maximum absolute atomic E-state index is 11.2. The van der Waals surface area contributed by atoms with Crippen molar-refractivity contribution in [3.05, 3.63) is 16.0 Å². The van der Waals surface area contributed by atoms with Gasteiger partial charge in [0.25, 0.3) is 5.56 Å². The molecule has 1 aromatic rings. The highest BCUT2D eigenvalue weighted by atomic mass is 16.3. The second kappa shape index (κ2) is 6.93. The van der Waals surface area contributed by atoms with Gasteiger partial charge in [-0.2, -0.15) is 0 Å². The molecule has 0 radical (unpaired) electrons. The van der Waals surface area contributed by atoms with Gasteiger partial charge < -0.3 is 10.4 Å². The minimum absolute atomic E-state index is 0.307. The van der Waals surface area contributed by atoms with Crippen LogP contribution in [-0.2, 0) is 0 Å². The summed E-state index contributed by atoms with van der Waals surface area (Å²) in [6, 6.07) is 0. The molecule has 0 fully saturated rings.